The Labute approximate surface area is 143 Å². The fourth-order valence-corrected chi connectivity index (χ4v) is 3.06. The number of benzene rings is 1. The molecule has 0 N–H and O–H groups in total. The van der Waals surface area contributed by atoms with E-state index in [1.165, 1.54) is 0 Å². The summed E-state index contributed by atoms with van der Waals surface area (Å²) in [5.74, 6) is -0.478. The monoisotopic (exact) mass is 334 g/mol. The molecule has 6 heteroatoms. The van der Waals surface area contributed by atoms with Crippen molar-refractivity contribution in [3.63, 3.8) is 0 Å². The fourth-order valence-electron chi connectivity index (χ4n) is 3.06. The second-order valence-electron chi connectivity index (χ2n) is 6.78. The van der Waals surface area contributed by atoms with Gasteiger partial charge in [-0.3, -0.25) is 4.90 Å². The average Bonchev–Trinajstić information content (AvgIpc) is 2.93. The molecule has 1 atom stereocenters. The molecule has 0 aromatic heterocycles. The summed E-state index contributed by atoms with van der Waals surface area (Å²) >= 11 is 0. The van der Waals surface area contributed by atoms with Crippen molar-refractivity contribution in [1.29, 1.82) is 0 Å². The van der Waals surface area contributed by atoms with Crippen LogP contribution in [0, 0.1) is 0 Å². The number of rotatable bonds is 4. The Morgan fingerprint density at radius 1 is 1.21 bits per heavy atom. The fraction of sp³-hybridized carbons (Fsp3) is 0.611. The van der Waals surface area contributed by atoms with Crippen molar-refractivity contribution >= 4 is 6.09 Å². The molecule has 1 aromatic rings. The van der Waals surface area contributed by atoms with Crippen LogP contribution < -0.4 is 0 Å². The van der Waals surface area contributed by atoms with Crippen molar-refractivity contribution in [3.8, 4) is 0 Å². The quantitative estimate of drug-likeness (QED) is 0.844. The molecule has 0 radical (unpaired) electrons. The molecule has 2 fully saturated rings. The van der Waals surface area contributed by atoms with Gasteiger partial charge in [0.05, 0.1) is 12.7 Å². The van der Waals surface area contributed by atoms with E-state index in [1.54, 1.807) is 4.90 Å². The summed E-state index contributed by atoms with van der Waals surface area (Å²) in [5.41, 5.74) is 1.01. The predicted octanol–water partition coefficient (Wildman–Crippen LogP) is 2.09. The van der Waals surface area contributed by atoms with Gasteiger partial charge in [0.15, 0.2) is 5.79 Å². The van der Waals surface area contributed by atoms with Gasteiger partial charge >= 0.3 is 6.09 Å². The highest BCUT2D eigenvalue weighted by Crippen LogP contribution is 2.23. The Morgan fingerprint density at radius 3 is 2.54 bits per heavy atom. The van der Waals surface area contributed by atoms with Crippen molar-refractivity contribution in [2.45, 2.75) is 32.3 Å². The molecular weight excluding hydrogens is 308 g/mol. The van der Waals surface area contributed by atoms with E-state index in [2.05, 4.69) is 4.90 Å². The van der Waals surface area contributed by atoms with Crippen LogP contribution in [-0.4, -0.2) is 67.1 Å². The summed E-state index contributed by atoms with van der Waals surface area (Å²) in [4.78, 5) is 16.2. The first-order valence-electron chi connectivity index (χ1n) is 8.52. The van der Waals surface area contributed by atoms with Crippen LogP contribution in [0.2, 0.25) is 0 Å². The Kier molecular flexibility index (Phi) is 5.38. The van der Waals surface area contributed by atoms with E-state index >= 15 is 0 Å². The highest BCUT2D eigenvalue weighted by atomic mass is 16.7. The highest BCUT2D eigenvalue weighted by Gasteiger charge is 2.34. The van der Waals surface area contributed by atoms with Crippen LogP contribution in [0.25, 0.3) is 0 Å². The summed E-state index contributed by atoms with van der Waals surface area (Å²) < 4.78 is 16.8. The number of hydrogen-bond acceptors (Lipinski definition) is 5. The smallest absolute Gasteiger partial charge is 0.410 e. The number of hydrogen-bond donors (Lipinski definition) is 0. The molecule has 3 rings (SSSR count). The minimum absolute atomic E-state index is 0.108. The Morgan fingerprint density at radius 2 is 1.92 bits per heavy atom. The van der Waals surface area contributed by atoms with Crippen LogP contribution in [0.1, 0.15) is 19.4 Å². The van der Waals surface area contributed by atoms with Crippen LogP contribution in [0.4, 0.5) is 4.79 Å². The summed E-state index contributed by atoms with van der Waals surface area (Å²) in [5, 5.41) is 0. The second-order valence-corrected chi connectivity index (χ2v) is 6.78. The number of ether oxygens (including phenoxy) is 3. The zero-order valence-corrected chi connectivity index (χ0v) is 14.4. The van der Waals surface area contributed by atoms with Crippen molar-refractivity contribution < 1.29 is 19.0 Å². The van der Waals surface area contributed by atoms with E-state index in [0.717, 1.165) is 25.2 Å². The average molecular weight is 334 g/mol. The molecule has 0 spiro atoms. The number of carbonyl (C=O) groups excluding carboxylic acids is 1. The SMILES string of the molecule is CC1(C)OC[C@H](CN2CCN(C(=O)OCc3ccccc3)CC2)O1. The number of amides is 1. The van der Waals surface area contributed by atoms with Gasteiger partial charge in [-0.05, 0) is 19.4 Å². The zero-order valence-electron chi connectivity index (χ0n) is 14.4. The third-order valence-electron chi connectivity index (χ3n) is 4.36. The van der Waals surface area contributed by atoms with Gasteiger partial charge in [-0.2, -0.15) is 0 Å². The largest absolute Gasteiger partial charge is 0.445 e. The first kappa shape index (κ1) is 17.2. The summed E-state index contributed by atoms with van der Waals surface area (Å²) in [6.45, 7) is 8.71. The van der Waals surface area contributed by atoms with E-state index in [1.807, 2.05) is 44.2 Å². The van der Waals surface area contributed by atoms with E-state index in [4.69, 9.17) is 14.2 Å². The van der Waals surface area contributed by atoms with Gasteiger partial charge in [0, 0.05) is 32.7 Å². The molecule has 0 aliphatic carbocycles. The Hall–Kier alpha value is -1.63. The molecule has 0 unspecified atom stereocenters. The zero-order chi connectivity index (χ0) is 17.0. The third kappa shape index (κ3) is 4.69. The minimum Gasteiger partial charge on any atom is -0.445 e. The molecule has 2 aliphatic heterocycles. The molecule has 2 saturated heterocycles. The van der Waals surface area contributed by atoms with Gasteiger partial charge in [0.25, 0.3) is 0 Å². The maximum absolute atomic E-state index is 12.1. The van der Waals surface area contributed by atoms with E-state index < -0.39 is 5.79 Å². The molecule has 132 valence electrons. The van der Waals surface area contributed by atoms with Gasteiger partial charge in [0.1, 0.15) is 6.61 Å². The van der Waals surface area contributed by atoms with Gasteiger partial charge in [-0.15, -0.1) is 0 Å². The predicted molar refractivity (Wildman–Crippen MR) is 89.5 cm³/mol. The topological polar surface area (TPSA) is 51.2 Å². The first-order chi connectivity index (χ1) is 11.5. The van der Waals surface area contributed by atoms with Gasteiger partial charge < -0.3 is 19.1 Å². The van der Waals surface area contributed by atoms with Gasteiger partial charge in [-0.1, -0.05) is 30.3 Å². The van der Waals surface area contributed by atoms with Crippen molar-refractivity contribution in [2.24, 2.45) is 0 Å². The van der Waals surface area contributed by atoms with E-state index in [-0.39, 0.29) is 12.2 Å². The van der Waals surface area contributed by atoms with Crippen LogP contribution in [-0.2, 0) is 20.8 Å². The summed E-state index contributed by atoms with van der Waals surface area (Å²) in [7, 11) is 0. The second kappa shape index (κ2) is 7.51. The molecule has 1 aromatic carbocycles. The minimum atomic E-state index is -0.478. The molecule has 0 bridgehead atoms. The van der Waals surface area contributed by atoms with Gasteiger partial charge in [0.2, 0.25) is 0 Å². The van der Waals surface area contributed by atoms with Crippen LogP contribution in [0.3, 0.4) is 0 Å². The van der Waals surface area contributed by atoms with Crippen molar-refractivity contribution in [3.05, 3.63) is 35.9 Å². The maximum atomic E-state index is 12.1. The molecule has 24 heavy (non-hydrogen) atoms. The van der Waals surface area contributed by atoms with Gasteiger partial charge in [-0.25, -0.2) is 4.79 Å². The number of carbonyl (C=O) groups is 1. The maximum Gasteiger partial charge on any atom is 0.410 e. The molecular formula is C18H26N2O4. The van der Waals surface area contributed by atoms with Crippen LogP contribution >= 0.6 is 0 Å². The normalized spacial score (nSPS) is 24.1. The lowest BCUT2D eigenvalue weighted by Crippen LogP contribution is -2.50. The van der Waals surface area contributed by atoms with Crippen LogP contribution in [0.15, 0.2) is 30.3 Å². The Bertz CT molecular complexity index is 541. The molecule has 2 heterocycles. The standard InChI is InChI=1S/C18H26N2O4/c1-18(2)23-14-16(24-18)12-19-8-10-20(11-9-19)17(21)22-13-15-6-4-3-5-7-15/h3-7,16H,8-14H2,1-2H3/t16-/m0/s1. The molecule has 2 aliphatic rings. The van der Waals surface area contributed by atoms with E-state index in [9.17, 15) is 4.79 Å². The first-order valence-corrected chi connectivity index (χ1v) is 8.52. The lowest BCUT2D eigenvalue weighted by Gasteiger charge is -2.35. The van der Waals surface area contributed by atoms with Crippen molar-refractivity contribution in [2.75, 3.05) is 39.3 Å². The third-order valence-corrected chi connectivity index (χ3v) is 4.36. The van der Waals surface area contributed by atoms with Crippen LogP contribution in [0.5, 0.6) is 0 Å². The lowest BCUT2D eigenvalue weighted by molar-refractivity contribution is -0.140. The molecule has 1 amide bonds. The number of piperazine rings is 1. The molecule has 6 nitrogen and oxygen atoms in total. The van der Waals surface area contributed by atoms with Crippen molar-refractivity contribution in [1.82, 2.24) is 9.80 Å². The summed E-state index contributed by atoms with van der Waals surface area (Å²) in [6.07, 6.45) is -0.128. The van der Waals surface area contributed by atoms with E-state index in [0.29, 0.717) is 26.3 Å². The highest BCUT2D eigenvalue weighted by molar-refractivity contribution is 5.67. The molecule has 0 saturated carbocycles. The Balaban J connectivity index is 1.38. The summed E-state index contributed by atoms with van der Waals surface area (Å²) in [6, 6.07) is 9.74. The lowest BCUT2D eigenvalue weighted by atomic mass is 10.2. The number of nitrogens with zero attached hydrogens (tertiary/aromatic N) is 2.